The summed E-state index contributed by atoms with van der Waals surface area (Å²) < 4.78 is 66.4. The molecule has 0 radical (unpaired) electrons. The van der Waals surface area contributed by atoms with Crippen molar-refractivity contribution in [2.24, 2.45) is 7.05 Å². The Bertz CT molecular complexity index is 939. The van der Waals surface area contributed by atoms with E-state index < -0.39 is 57.7 Å². The monoisotopic (exact) mass is 386 g/mol. The molecule has 0 aliphatic heterocycles. The molecule has 1 N–H and O–H groups in total. The van der Waals surface area contributed by atoms with Gasteiger partial charge >= 0.3 is 17.8 Å². The molecule has 0 saturated heterocycles. The molecule has 2 rings (SSSR count). The van der Waals surface area contributed by atoms with Gasteiger partial charge < -0.3 is 5.11 Å². The first kappa shape index (κ1) is 18.9. The van der Waals surface area contributed by atoms with Gasteiger partial charge in [-0.25, -0.2) is 14.2 Å². The van der Waals surface area contributed by atoms with Gasteiger partial charge in [-0.2, -0.15) is 22.0 Å². The van der Waals surface area contributed by atoms with Gasteiger partial charge in [0.2, 0.25) is 0 Å². The van der Waals surface area contributed by atoms with Crippen LogP contribution in [0.2, 0.25) is 0 Å². The summed E-state index contributed by atoms with van der Waals surface area (Å²) in [6.45, 7) is 0. The van der Waals surface area contributed by atoms with Gasteiger partial charge in [-0.05, 0) is 6.08 Å². The summed E-state index contributed by atoms with van der Waals surface area (Å²) in [6, 6.07) is -0.0291. The highest BCUT2D eigenvalue weighted by molar-refractivity contribution is 6.32. The van der Waals surface area contributed by atoms with E-state index in [0.29, 0.717) is 13.1 Å². The van der Waals surface area contributed by atoms with E-state index in [-0.39, 0.29) is 15.2 Å². The van der Waals surface area contributed by atoms with Gasteiger partial charge in [0, 0.05) is 18.1 Å². The number of carbonyl (C=O) groups is 1. The average Bonchev–Trinajstić information content (AvgIpc) is 2.42. The van der Waals surface area contributed by atoms with Crippen LogP contribution >= 0.6 is 11.6 Å². The highest BCUT2D eigenvalue weighted by Crippen LogP contribution is 2.40. The van der Waals surface area contributed by atoms with Gasteiger partial charge in [0.25, 0.3) is 11.5 Å². The fraction of sp³-hybridized carbons (Fsp3) is 0.308. The van der Waals surface area contributed by atoms with Crippen LogP contribution in [0.4, 0.5) is 22.0 Å². The van der Waals surface area contributed by atoms with Crippen LogP contribution < -0.4 is 11.2 Å². The number of carboxylic acid groups (broad SMARTS) is 1. The number of rotatable bonds is 2. The lowest BCUT2D eigenvalue weighted by atomic mass is 10.00. The van der Waals surface area contributed by atoms with E-state index in [9.17, 15) is 36.3 Å². The standard InChI is InChI=1S/C13H8ClF5N2O4/c1-20-8(13(17,18)19)3-9(22)21(11(20)25)7-2-5(10(23)24)6(14)4-12(7,15)16/h2-3H,4H2,1H3,(H,23,24). The van der Waals surface area contributed by atoms with Crippen LogP contribution in [-0.4, -0.2) is 26.1 Å². The highest BCUT2D eigenvalue weighted by Gasteiger charge is 2.43. The minimum absolute atomic E-state index is 0.0291. The number of allylic oxidation sites excluding steroid dienone is 2. The number of nitrogens with zero attached hydrogens (tertiary/aromatic N) is 2. The quantitative estimate of drug-likeness (QED) is 0.789. The van der Waals surface area contributed by atoms with Crippen LogP contribution in [0.1, 0.15) is 12.1 Å². The lowest BCUT2D eigenvalue weighted by Crippen LogP contribution is -2.45. The third kappa shape index (κ3) is 3.23. The van der Waals surface area contributed by atoms with Crippen LogP contribution in [0, 0.1) is 0 Å². The third-order valence-electron chi connectivity index (χ3n) is 3.41. The SMILES string of the molecule is Cn1c(C(F)(F)F)cc(=O)n(C2=CC(C(=O)O)=C(Cl)CC2(F)F)c1=O. The van der Waals surface area contributed by atoms with Crippen LogP contribution in [0.15, 0.2) is 32.3 Å². The molecule has 25 heavy (non-hydrogen) atoms. The Morgan fingerprint density at radius 1 is 1.32 bits per heavy atom. The van der Waals surface area contributed by atoms with Crippen molar-refractivity contribution in [3.63, 3.8) is 0 Å². The molecule has 0 aromatic carbocycles. The first-order valence-corrected chi connectivity index (χ1v) is 6.77. The van der Waals surface area contributed by atoms with Crippen molar-refractivity contribution in [2.45, 2.75) is 18.5 Å². The molecule has 12 heteroatoms. The van der Waals surface area contributed by atoms with E-state index in [2.05, 4.69) is 0 Å². The Morgan fingerprint density at radius 3 is 2.36 bits per heavy atom. The maximum absolute atomic E-state index is 14.2. The molecule has 1 aromatic rings. The summed E-state index contributed by atoms with van der Waals surface area (Å²) in [5.41, 5.74) is -7.17. The molecule has 0 amide bonds. The number of halogens is 6. The minimum atomic E-state index is -5.06. The zero-order chi connectivity index (χ0) is 19.3. The summed E-state index contributed by atoms with van der Waals surface area (Å²) in [6.07, 6.45) is -6.09. The van der Waals surface area contributed by atoms with Gasteiger partial charge in [0.15, 0.2) is 0 Å². The summed E-state index contributed by atoms with van der Waals surface area (Å²) in [7, 11) is 0.642. The number of hydrogen-bond acceptors (Lipinski definition) is 3. The molecular weight excluding hydrogens is 379 g/mol. The normalized spacial score (nSPS) is 17.5. The van der Waals surface area contributed by atoms with Crippen LogP contribution in [0.3, 0.4) is 0 Å². The first-order chi connectivity index (χ1) is 11.3. The minimum Gasteiger partial charge on any atom is -0.478 e. The van der Waals surface area contributed by atoms with Gasteiger partial charge in [-0.1, -0.05) is 11.6 Å². The molecule has 6 nitrogen and oxygen atoms in total. The predicted octanol–water partition coefficient (Wildman–Crippen LogP) is 2.02. The smallest absolute Gasteiger partial charge is 0.431 e. The van der Waals surface area contributed by atoms with Gasteiger partial charge in [0.05, 0.1) is 12.0 Å². The number of carboxylic acids is 1. The van der Waals surface area contributed by atoms with E-state index in [1.54, 1.807) is 0 Å². The summed E-state index contributed by atoms with van der Waals surface area (Å²) in [5, 5.41) is 8.21. The van der Waals surface area contributed by atoms with Gasteiger partial charge in [-0.3, -0.25) is 9.36 Å². The molecule has 1 aromatic heterocycles. The Morgan fingerprint density at radius 2 is 1.88 bits per heavy atom. The van der Waals surface area contributed by atoms with E-state index in [1.165, 1.54) is 0 Å². The predicted molar refractivity (Wildman–Crippen MR) is 75.3 cm³/mol. The van der Waals surface area contributed by atoms with Crippen molar-refractivity contribution in [3.8, 4) is 0 Å². The van der Waals surface area contributed by atoms with E-state index in [4.69, 9.17) is 16.7 Å². The average molecular weight is 387 g/mol. The third-order valence-corrected chi connectivity index (χ3v) is 3.74. The fourth-order valence-corrected chi connectivity index (χ4v) is 2.53. The fourth-order valence-electron chi connectivity index (χ4n) is 2.23. The molecule has 0 bridgehead atoms. The summed E-state index contributed by atoms with van der Waals surface area (Å²) in [4.78, 5) is 35.0. The maximum atomic E-state index is 14.2. The zero-order valence-electron chi connectivity index (χ0n) is 12.2. The molecule has 0 spiro atoms. The first-order valence-electron chi connectivity index (χ1n) is 6.40. The lowest BCUT2D eigenvalue weighted by molar-refractivity contribution is -0.144. The van der Waals surface area contributed by atoms with Crippen LogP contribution in [-0.2, 0) is 18.0 Å². The Balaban J connectivity index is 2.84. The summed E-state index contributed by atoms with van der Waals surface area (Å²) >= 11 is 5.47. The lowest BCUT2D eigenvalue weighted by Gasteiger charge is -2.25. The molecule has 1 aliphatic carbocycles. The van der Waals surface area contributed by atoms with Crippen molar-refractivity contribution in [1.29, 1.82) is 0 Å². The summed E-state index contributed by atoms with van der Waals surface area (Å²) in [5.74, 6) is -5.64. The van der Waals surface area contributed by atoms with Crippen molar-refractivity contribution in [2.75, 3.05) is 0 Å². The Kier molecular flexibility index (Phi) is 4.41. The van der Waals surface area contributed by atoms with Gasteiger partial charge in [0.1, 0.15) is 11.4 Å². The Labute approximate surface area is 140 Å². The number of alkyl halides is 5. The van der Waals surface area contributed by atoms with E-state index in [1.807, 2.05) is 0 Å². The number of aliphatic carboxylic acids is 1. The van der Waals surface area contributed by atoms with E-state index >= 15 is 0 Å². The van der Waals surface area contributed by atoms with Crippen molar-refractivity contribution < 1.29 is 31.9 Å². The molecule has 0 saturated carbocycles. The van der Waals surface area contributed by atoms with E-state index in [0.717, 1.165) is 0 Å². The number of hydrogen-bond donors (Lipinski definition) is 1. The topological polar surface area (TPSA) is 81.3 Å². The van der Waals surface area contributed by atoms with Crippen molar-refractivity contribution in [1.82, 2.24) is 9.13 Å². The number of aromatic nitrogens is 2. The van der Waals surface area contributed by atoms with Crippen molar-refractivity contribution >= 4 is 23.3 Å². The molecular formula is C13H8ClF5N2O4. The Hall–Kier alpha value is -2.43. The second-order valence-electron chi connectivity index (χ2n) is 5.08. The molecule has 0 unspecified atom stereocenters. The molecule has 1 heterocycles. The van der Waals surface area contributed by atoms with Crippen LogP contribution in [0.5, 0.6) is 0 Å². The molecule has 136 valence electrons. The largest absolute Gasteiger partial charge is 0.478 e. The highest BCUT2D eigenvalue weighted by atomic mass is 35.5. The molecule has 1 aliphatic rings. The van der Waals surface area contributed by atoms with Gasteiger partial charge in [-0.15, -0.1) is 0 Å². The molecule has 0 atom stereocenters. The molecule has 0 fully saturated rings. The van der Waals surface area contributed by atoms with Crippen LogP contribution in [0.25, 0.3) is 5.70 Å². The van der Waals surface area contributed by atoms with Crippen molar-refractivity contribution in [3.05, 3.63) is 49.3 Å². The second kappa shape index (κ2) is 5.83. The maximum Gasteiger partial charge on any atom is 0.431 e. The second-order valence-corrected chi connectivity index (χ2v) is 5.53. The zero-order valence-corrected chi connectivity index (χ0v) is 13.0.